The minimum absolute atomic E-state index is 0.00243. The molecule has 1 heterocycles. The molecule has 0 saturated carbocycles. The molecule has 130 valence electrons. The predicted molar refractivity (Wildman–Crippen MR) is 88.4 cm³/mol. The molecule has 2 amide bonds. The van der Waals surface area contributed by atoms with E-state index in [0.29, 0.717) is 16.5 Å². The van der Waals surface area contributed by atoms with Crippen LogP contribution in [-0.4, -0.2) is 53.5 Å². The van der Waals surface area contributed by atoms with Crippen LogP contribution in [0.3, 0.4) is 0 Å². The number of hydrogen-bond donors (Lipinski definition) is 1. The van der Waals surface area contributed by atoms with Gasteiger partial charge in [0.05, 0.1) is 5.69 Å². The van der Waals surface area contributed by atoms with Crippen LogP contribution in [0.4, 0.5) is 5.69 Å². The summed E-state index contributed by atoms with van der Waals surface area (Å²) >= 11 is 6.00. The lowest BCUT2D eigenvalue weighted by Gasteiger charge is -2.39. The number of carboxylic acids is 1. The third-order valence-electron chi connectivity index (χ3n) is 3.68. The van der Waals surface area contributed by atoms with Crippen LogP contribution in [0.15, 0.2) is 18.2 Å². The monoisotopic (exact) mass is 354 g/mol. The van der Waals surface area contributed by atoms with E-state index in [1.54, 1.807) is 32.0 Å². The first kappa shape index (κ1) is 18.1. The number of carbonyl (C=O) groups excluding carboxylic acids is 2. The highest BCUT2D eigenvalue weighted by Crippen LogP contribution is 2.39. The van der Waals surface area contributed by atoms with E-state index < -0.39 is 11.6 Å². The number of nitrogens with zero attached hydrogens (tertiary/aromatic N) is 2. The summed E-state index contributed by atoms with van der Waals surface area (Å²) < 4.78 is 5.70. The van der Waals surface area contributed by atoms with Crippen molar-refractivity contribution in [3.8, 4) is 5.75 Å². The third kappa shape index (κ3) is 3.79. The molecule has 0 atom stereocenters. The van der Waals surface area contributed by atoms with Crippen LogP contribution in [0.2, 0.25) is 5.02 Å². The summed E-state index contributed by atoms with van der Waals surface area (Å²) in [6.45, 7) is 3.03. The lowest BCUT2D eigenvalue weighted by Crippen LogP contribution is -2.53. The van der Waals surface area contributed by atoms with Crippen molar-refractivity contribution in [3.05, 3.63) is 23.2 Å². The molecule has 0 radical (unpaired) electrons. The van der Waals surface area contributed by atoms with Gasteiger partial charge in [-0.15, -0.1) is 0 Å². The number of amides is 2. The van der Waals surface area contributed by atoms with E-state index in [4.69, 9.17) is 21.4 Å². The van der Waals surface area contributed by atoms with E-state index in [-0.39, 0.29) is 31.3 Å². The molecule has 0 aliphatic carbocycles. The zero-order chi connectivity index (χ0) is 18.1. The maximum Gasteiger partial charge on any atom is 0.323 e. The van der Waals surface area contributed by atoms with Gasteiger partial charge < -0.3 is 19.6 Å². The fraction of sp³-hybridized carbons (Fsp3) is 0.438. The molecule has 0 bridgehead atoms. The highest BCUT2D eigenvalue weighted by molar-refractivity contribution is 6.31. The first-order chi connectivity index (χ1) is 11.1. The van der Waals surface area contributed by atoms with Gasteiger partial charge in [-0.05, 0) is 32.0 Å². The van der Waals surface area contributed by atoms with Gasteiger partial charge >= 0.3 is 5.97 Å². The normalized spacial score (nSPS) is 15.5. The lowest BCUT2D eigenvalue weighted by molar-refractivity contribution is -0.143. The average molecular weight is 355 g/mol. The van der Waals surface area contributed by atoms with E-state index in [1.807, 2.05) is 0 Å². The topological polar surface area (TPSA) is 87.2 Å². The second-order valence-electron chi connectivity index (χ2n) is 6.07. The lowest BCUT2D eigenvalue weighted by atomic mass is 10.0. The minimum Gasteiger partial charge on any atom is -0.480 e. The molecule has 0 fully saturated rings. The number of carbonyl (C=O) groups is 3. The molecule has 24 heavy (non-hydrogen) atoms. The number of hydrogen-bond acceptors (Lipinski definition) is 4. The standard InChI is InChI=1S/C16H19ClN2O5/c1-16(2)15(23)19(7-6-13(20)18(3)9-14(21)22)11-8-10(17)4-5-12(11)24-16/h4-5,8H,6-7,9H2,1-3H3,(H,21,22). The molecule has 8 heteroatoms. The van der Waals surface area contributed by atoms with Crippen LogP contribution >= 0.6 is 11.6 Å². The average Bonchev–Trinajstić information content (AvgIpc) is 2.47. The Balaban J connectivity index is 2.19. The Kier molecular flexibility index (Phi) is 5.03. The number of halogens is 1. The summed E-state index contributed by atoms with van der Waals surface area (Å²) in [7, 11) is 1.41. The van der Waals surface area contributed by atoms with Gasteiger partial charge in [0.25, 0.3) is 5.91 Å². The van der Waals surface area contributed by atoms with Crippen molar-refractivity contribution in [2.75, 3.05) is 25.0 Å². The largest absolute Gasteiger partial charge is 0.480 e. The van der Waals surface area contributed by atoms with E-state index in [1.165, 1.54) is 11.9 Å². The SMILES string of the molecule is CN(CC(=O)O)C(=O)CCN1C(=O)C(C)(C)Oc2ccc(Cl)cc21. The van der Waals surface area contributed by atoms with Gasteiger partial charge in [0.15, 0.2) is 5.60 Å². The van der Waals surface area contributed by atoms with Crippen molar-refractivity contribution in [1.29, 1.82) is 0 Å². The molecule has 0 spiro atoms. The Hall–Kier alpha value is -2.28. The zero-order valence-corrected chi connectivity index (χ0v) is 14.5. The maximum absolute atomic E-state index is 12.6. The first-order valence-corrected chi connectivity index (χ1v) is 7.76. The summed E-state index contributed by atoms with van der Waals surface area (Å²) in [5.74, 6) is -1.23. The van der Waals surface area contributed by atoms with Crippen molar-refractivity contribution >= 4 is 35.1 Å². The van der Waals surface area contributed by atoms with E-state index >= 15 is 0 Å². The summed E-state index contributed by atoms with van der Waals surface area (Å²) in [4.78, 5) is 37.9. The van der Waals surface area contributed by atoms with Crippen LogP contribution in [0, 0.1) is 0 Å². The number of fused-ring (bicyclic) bond motifs is 1. The van der Waals surface area contributed by atoms with Gasteiger partial charge in [-0.1, -0.05) is 11.6 Å². The Morgan fingerprint density at radius 2 is 2.04 bits per heavy atom. The molecule has 7 nitrogen and oxygen atoms in total. The first-order valence-electron chi connectivity index (χ1n) is 7.38. The number of ether oxygens (including phenoxy) is 1. The predicted octanol–water partition coefficient (Wildman–Crippen LogP) is 1.78. The molecule has 1 aliphatic heterocycles. The summed E-state index contributed by atoms with van der Waals surface area (Å²) in [5.41, 5.74) is -0.558. The van der Waals surface area contributed by atoms with Gasteiger partial charge in [0.1, 0.15) is 12.3 Å². The third-order valence-corrected chi connectivity index (χ3v) is 3.92. The van der Waals surface area contributed by atoms with E-state index in [9.17, 15) is 14.4 Å². The fourth-order valence-corrected chi connectivity index (χ4v) is 2.62. The fourth-order valence-electron chi connectivity index (χ4n) is 2.45. The highest BCUT2D eigenvalue weighted by Gasteiger charge is 2.41. The van der Waals surface area contributed by atoms with Crippen LogP contribution in [0.1, 0.15) is 20.3 Å². The Bertz CT molecular complexity index is 689. The second kappa shape index (κ2) is 6.68. The van der Waals surface area contributed by atoms with Crippen LogP contribution in [0.25, 0.3) is 0 Å². The Labute approximate surface area is 144 Å². The van der Waals surface area contributed by atoms with Gasteiger partial charge in [0.2, 0.25) is 5.91 Å². The number of anilines is 1. The van der Waals surface area contributed by atoms with Crippen LogP contribution in [-0.2, 0) is 14.4 Å². The molecule has 1 aromatic carbocycles. The molecule has 1 N–H and O–H groups in total. The van der Waals surface area contributed by atoms with E-state index in [0.717, 1.165) is 4.90 Å². The van der Waals surface area contributed by atoms with Crippen molar-refractivity contribution in [2.24, 2.45) is 0 Å². The number of benzene rings is 1. The minimum atomic E-state index is -1.09. The molecular weight excluding hydrogens is 336 g/mol. The molecule has 1 aromatic rings. The van der Waals surface area contributed by atoms with Crippen molar-refractivity contribution in [2.45, 2.75) is 25.9 Å². The maximum atomic E-state index is 12.6. The number of aliphatic carboxylic acids is 1. The highest BCUT2D eigenvalue weighted by atomic mass is 35.5. The molecule has 0 aromatic heterocycles. The molecule has 2 rings (SSSR count). The second-order valence-corrected chi connectivity index (χ2v) is 6.51. The van der Waals surface area contributed by atoms with Crippen molar-refractivity contribution in [3.63, 3.8) is 0 Å². The summed E-state index contributed by atoms with van der Waals surface area (Å²) in [5, 5.41) is 9.18. The Morgan fingerprint density at radius 3 is 2.67 bits per heavy atom. The van der Waals surface area contributed by atoms with Gasteiger partial charge in [-0.25, -0.2) is 0 Å². The van der Waals surface area contributed by atoms with Gasteiger partial charge in [0, 0.05) is 25.0 Å². The van der Waals surface area contributed by atoms with Crippen LogP contribution < -0.4 is 9.64 Å². The quantitative estimate of drug-likeness (QED) is 0.870. The number of carboxylic acid groups (broad SMARTS) is 1. The number of likely N-dealkylation sites (N-methyl/N-ethyl adjacent to an activating group) is 1. The van der Waals surface area contributed by atoms with Crippen molar-refractivity contribution < 1.29 is 24.2 Å². The molecule has 1 aliphatic rings. The van der Waals surface area contributed by atoms with Gasteiger partial charge in [-0.2, -0.15) is 0 Å². The molecule has 0 unspecified atom stereocenters. The van der Waals surface area contributed by atoms with Crippen LogP contribution in [0.5, 0.6) is 5.75 Å². The van der Waals surface area contributed by atoms with Crippen molar-refractivity contribution in [1.82, 2.24) is 4.90 Å². The molecular formula is C16H19ClN2O5. The van der Waals surface area contributed by atoms with E-state index in [2.05, 4.69) is 0 Å². The summed E-state index contributed by atoms with van der Waals surface area (Å²) in [6, 6.07) is 4.95. The molecule has 0 saturated heterocycles. The smallest absolute Gasteiger partial charge is 0.323 e. The number of rotatable bonds is 5. The Morgan fingerprint density at radius 1 is 1.38 bits per heavy atom. The zero-order valence-electron chi connectivity index (χ0n) is 13.7. The van der Waals surface area contributed by atoms with Gasteiger partial charge in [-0.3, -0.25) is 14.4 Å². The summed E-state index contributed by atoms with van der Waals surface area (Å²) in [6.07, 6.45) is -0.00243.